The summed E-state index contributed by atoms with van der Waals surface area (Å²) >= 11 is 0. The molecule has 1 aliphatic heterocycles. The first-order chi connectivity index (χ1) is 16.6. The van der Waals surface area contributed by atoms with Gasteiger partial charge in [-0.15, -0.1) is 0 Å². The van der Waals surface area contributed by atoms with Crippen LogP contribution in [-0.2, 0) is 17.9 Å². The van der Waals surface area contributed by atoms with Crippen molar-refractivity contribution in [1.82, 2.24) is 10.2 Å². The first-order valence-corrected chi connectivity index (χ1v) is 11.6. The van der Waals surface area contributed by atoms with E-state index in [4.69, 9.17) is 9.47 Å². The number of carbonyl (C=O) groups is 1. The van der Waals surface area contributed by atoms with Gasteiger partial charge in [0.1, 0.15) is 17.3 Å². The number of benzene rings is 3. The molecule has 1 atom stereocenters. The molecule has 0 aliphatic carbocycles. The van der Waals surface area contributed by atoms with E-state index in [9.17, 15) is 9.18 Å². The molecule has 0 radical (unpaired) electrons. The van der Waals surface area contributed by atoms with Crippen molar-refractivity contribution in [3.05, 3.63) is 83.7 Å². The van der Waals surface area contributed by atoms with E-state index in [-0.39, 0.29) is 17.8 Å². The second kappa shape index (κ2) is 11.2. The van der Waals surface area contributed by atoms with Gasteiger partial charge >= 0.3 is 0 Å². The lowest BCUT2D eigenvalue weighted by molar-refractivity contribution is -0.128. The summed E-state index contributed by atoms with van der Waals surface area (Å²) in [6.45, 7) is 2.08. The monoisotopic (exact) mass is 462 g/mol. The van der Waals surface area contributed by atoms with Gasteiger partial charge in [-0.1, -0.05) is 42.8 Å². The molecule has 0 saturated carbocycles. The Labute approximate surface area is 200 Å². The summed E-state index contributed by atoms with van der Waals surface area (Å²) in [5, 5.41) is 3.10. The predicted molar refractivity (Wildman–Crippen MR) is 131 cm³/mol. The molecule has 1 N–H and O–H groups in total. The van der Waals surface area contributed by atoms with Crippen LogP contribution in [0.15, 0.2) is 66.7 Å². The zero-order valence-electron chi connectivity index (χ0n) is 19.7. The highest BCUT2D eigenvalue weighted by molar-refractivity contribution is 5.81. The van der Waals surface area contributed by atoms with Crippen LogP contribution in [0.25, 0.3) is 11.1 Å². The minimum absolute atomic E-state index is 0.0663. The van der Waals surface area contributed by atoms with Gasteiger partial charge in [0.05, 0.1) is 20.3 Å². The normalized spacial score (nSPS) is 16.1. The minimum Gasteiger partial charge on any atom is -0.497 e. The lowest BCUT2D eigenvalue weighted by Crippen LogP contribution is -2.48. The summed E-state index contributed by atoms with van der Waals surface area (Å²) in [5.74, 6) is 1.21. The smallest absolute Gasteiger partial charge is 0.237 e. The van der Waals surface area contributed by atoms with Crippen molar-refractivity contribution in [3.63, 3.8) is 0 Å². The molecule has 0 bridgehead atoms. The third-order valence-electron chi connectivity index (χ3n) is 6.35. The predicted octanol–water partition coefficient (Wildman–Crippen LogP) is 5.18. The molecule has 6 heteroatoms. The van der Waals surface area contributed by atoms with E-state index in [1.165, 1.54) is 12.1 Å². The van der Waals surface area contributed by atoms with Gasteiger partial charge in [0.2, 0.25) is 5.91 Å². The van der Waals surface area contributed by atoms with Crippen molar-refractivity contribution < 1.29 is 18.7 Å². The summed E-state index contributed by atoms with van der Waals surface area (Å²) in [6.07, 6.45) is 2.99. The molecule has 178 valence electrons. The second-order valence-corrected chi connectivity index (χ2v) is 8.59. The molecule has 0 spiro atoms. The van der Waals surface area contributed by atoms with Gasteiger partial charge in [-0.25, -0.2) is 4.39 Å². The van der Waals surface area contributed by atoms with Gasteiger partial charge in [-0.3, -0.25) is 9.69 Å². The van der Waals surface area contributed by atoms with Crippen LogP contribution in [0.5, 0.6) is 11.5 Å². The first-order valence-electron chi connectivity index (χ1n) is 11.6. The summed E-state index contributed by atoms with van der Waals surface area (Å²) in [7, 11) is 3.22. The summed E-state index contributed by atoms with van der Waals surface area (Å²) in [4.78, 5) is 15.3. The van der Waals surface area contributed by atoms with Gasteiger partial charge in [0.15, 0.2) is 0 Å². The number of ether oxygens (including phenoxy) is 2. The molecule has 1 amide bonds. The molecule has 3 aromatic carbocycles. The highest BCUT2D eigenvalue weighted by Gasteiger charge is 2.28. The molecule has 1 heterocycles. The Balaban J connectivity index is 1.40. The minimum atomic E-state index is -0.295. The third-order valence-corrected chi connectivity index (χ3v) is 6.35. The van der Waals surface area contributed by atoms with Crippen LogP contribution in [0.4, 0.5) is 4.39 Å². The SMILES string of the molecule is COc1ccc(CNC(=O)C2CCCCN2Cc2ccc(-c3cc(F)ccc3OC)cc2)cc1. The van der Waals surface area contributed by atoms with E-state index in [0.29, 0.717) is 18.8 Å². The Morgan fingerprint density at radius 3 is 2.41 bits per heavy atom. The fourth-order valence-electron chi connectivity index (χ4n) is 4.46. The van der Waals surface area contributed by atoms with Gasteiger partial charge in [-0.2, -0.15) is 0 Å². The maximum Gasteiger partial charge on any atom is 0.237 e. The summed E-state index contributed by atoms with van der Waals surface area (Å²) < 4.78 is 24.4. The molecular weight excluding hydrogens is 431 g/mol. The number of amides is 1. The molecule has 5 nitrogen and oxygen atoms in total. The quantitative estimate of drug-likeness (QED) is 0.501. The van der Waals surface area contributed by atoms with Gasteiger partial charge in [0.25, 0.3) is 0 Å². The Morgan fingerprint density at radius 1 is 0.971 bits per heavy atom. The fourth-order valence-corrected chi connectivity index (χ4v) is 4.46. The molecule has 1 aliphatic rings. The standard InChI is InChI=1S/C28H31FN2O3/c1-33-24-13-8-20(9-14-24)18-30-28(32)26-5-3-4-16-31(26)19-21-6-10-22(11-7-21)25-17-23(29)12-15-27(25)34-2/h6-15,17,26H,3-5,16,18-19H2,1-2H3,(H,30,32). The highest BCUT2D eigenvalue weighted by Crippen LogP contribution is 2.31. The van der Waals surface area contributed by atoms with Gasteiger partial charge in [-0.05, 0) is 66.4 Å². The van der Waals surface area contributed by atoms with Crippen LogP contribution < -0.4 is 14.8 Å². The Morgan fingerprint density at radius 2 is 1.71 bits per heavy atom. The maximum absolute atomic E-state index is 13.8. The average Bonchev–Trinajstić information content (AvgIpc) is 2.88. The van der Waals surface area contributed by atoms with E-state index in [1.807, 2.05) is 48.5 Å². The van der Waals surface area contributed by atoms with Crippen molar-refractivity contribution >= 4 is 5.91 Å². The van der Waals surface area contributed by atoms with Crippen molar-refractivity contribution in [3.8, 4) is 22.6 Å². The number of carbonyl (C=O) groups excluding carboxylic acids is 1. The third kappa shape index (κ3) is 5.75. The zero-order chi connectivity index (χ0) is 23.9. The van der Waals surface area contributed by atoms with Crippen LogP contribution in [0, 0.1) is 5.82 Å². The topological polar surface area (TPSA) is 50.8 Å². The maximum atomic E-state index is 13.8. The Kier molecular flexibility index (Phi) is 7.80. The van der Waals surface area contributed by atoms with Crippen LogP contribution in [0.3, 0.4) is 0 Å². The highest BCUT2D eigenvalue weighted by atomic mass is 19.1. The first kappa shape index (κ1) is 23.8. The number of nitrogens with zero attached hydrogens (tertiary/aromatic N) is 1. The Bertz CT molecular complexity index is 1100. The van der Waals surface area contributed by atoms with Gasteiger partial charge < -0.3 is 14.8 Å². The molecule has 34 heavy (non-hydrogen) atoms. The number of likely N-dealkylation sites (tertiary alicyclic amines) is 1. The lowest BCUT2D eigenvalue weighted by atomic mass is 9.99. The average molecular weight is 463 g/mol. The second-order valence-electron chi connectivity index (χ2n) is 8.59. The molecule has 0 aromatic heterocycles. The van der Waals surface area contributed by atoms with E-state index in [2.05, 4.69) is 10.2 Å². The number of methoxy groups -OCH3 is 2. The number of hydrogen-bond acceptors (Lipinski definition) is 4. The van der Waals surface area contributed by atoms with E-state index < -0.39 is 0 Å². The molecule has 1 saturated heterocycles. The number of hydrogen-bond donors (Lipinski definition) is 1. The van der Waals surface area contributed by atoms with Crippen molar-refractivity contribution in [2.75, 3.05) is 20.8 Å². The van der Waals surface area contributed by atoms with E-state index in [0.717, 1.165) is 53.8 Å². The van der Waals surface area contributed by atoms with E-state index in [1.54, 1.807) is 20.3 Å². The fraction of sp³-hybridized carbons (Fsp3) is 0.321. The summed E-state index contributed by atoms with van der Waals surface area (Å²) in [6, 6.07) is 20.2. The molecule has 1 fully saturated rings. The molecular formula is C28H31FN2O3. The van der Waals surface area contributed by atoms with Crippen molar-refractivity contribution in [2.24, 2.45) is 0 Å². The lowest BCUT2D eigenvalue weighted by Gasteiger charge is -2.34. The molecule has 3 aromatic rings. The van der Waals surface area contributed by atoms with Crippen LogP contribution >= 0.6 is 0 Å². The van der Waals surface area contributed by atoms with E-state index >= 15 is 0 Å². The van der Waals surface area contributed by atoms with Gasteiger partial charge in [0, 0.05) is 18.7 Å². The molecule has 1 unspecified atom stereocenters. The number of halogens is 1. The Hall–Kier alpha value is -3.38. The van der Waals surface area contributed by atoms with Crippen molar-refractivity contribution in [2.45, 2.75) is 38.4 Å². The zero-order valence-corrected chi connectivity index (χ0v) is 19.7. The molecule has 4 rings (SSSR count). The summed E-state index contributed by atoms with van der Waals surface area (Å²) in [5.41, 5.74) is 3.78. The van der Waals surface area contributed by atoms with Crippen LogP contribution in [0.2, 0.25) is 0 Å². The van der Waals surface area contributed by atoms with Crippen LogP contribution in [0.1, 0.15) is 30.4 Å². The number of nitrogens with one attached hydrogen (secondary N) is 1. The van der Waals surface area contributed by atoms with Crippen LogP contribution in [-0.4, -0.2) is 37.6 Å². The van der Waals surface area contributed by atoms with Crippen molar-refractivity contribution in [1.29, 1.82) is 0 Å². The number of rotatable bonds is 8. The number of piperidine rings is 1. The largest absolute Gasteiger partial charge is 0.497 e.